The Kier molecular flexibility index (Phi) is 4.38. The summed E-state index contributed by atoms with van der Waals surface area (Å²) in [6.45, 7) is 2.81. The molecule has 1 aliphatic rings. The third-order valence-corrected chi connectivity index (χ3v) is 4.03. The molecule has 1 N–H and O–H groups in total. The van der Waals surface area contributed by atoms with Crippen molar-refractivity contribution in [2.24, 2.45) is 0 Å². The van der Waals surface area contributed by atoms with Gasteiger partial charge in [-0.1, -0.05) is 6.92 Å². The topological polar surface area (TPSA) is 49.4 Å². The lowest BCUT2D eigenvalue weighted by molar-refractivity contribution is -0.127. The molecule has 1 saturated heterocycles. The highest BCUT2D eigenvalue weighted by Crippen LogP contribution is 2.19. The van der Waals surface area contributed by atoms with E-state index in [-0.39, 0.29) is 17.6 Å². The van der Waals surface area contributed by atoms with Crippen LogP contribution in [0.4, 0.5) is 4.39 Å². The molecular formula is C13H14FIN2O2. The van der Waals surface area contributed by atoms with Gasteiger partial charge in [-0.05, 0) is 47.2 Å². The molecule has 2 amide bonds. The number of rotatable bonds is 2. The standard InChI is InChI=1S/C13H14FIN2O2/c1-2-11-12(18)16-5-6-17(11)13(19)9-4-3-8(14)7-10(9)15/h3-4,7,11H,2,5-6H2,1H3,(H,16,18)/t11-/m0/s1. The van der Waals surface area contributed by atoms with Crippen molar-refractivity contribution in [1.82, 2.24) is 10.2 Å². The van der Waals surface area contributed by atoms with E-state index in [1.165, 1.54) is 18.2 Å². The molecule has 0 aromatic heterocycles. The zero-order valence-corrected chi connectivity index (χ0v) is 12.6. The van der Waals surface area contributed by atoms with Gasteiger partial charge in [0, 0.05) is 16.7 Å². The molecule has 0 bridgehead atoms. The highest BCUT2D eigenvalue weighted by atomic mass is 127. The molecule has 0 radical (unpaired) electrons. The molecule has 1 fully saturated rings. The maximum Gasteiger partial charge on any atom is 0.255 e. The third kappa shape index (κ3) is 2.88. The minimum atomic E-state index is -0.442. The molecule has 4 nitrogen and oxygen atoms in total. The Labute approximate surface area is 124 Å². The van der Waals surface area contributed by atoms with E-state index >= 15 is 0 Å². The van der Waals surface area contributed by atoms with Crippen LogP contribution in [-0.4, -0.2) is 35.8 Å². The highest BCUT2D eigenvalue weighted by Gasteiger charge is 2.32. The first-order valence-electron chi connectivity index (χ1n) is 6.08. The minimum absolute atomic E-state index is 0.126. The number of halogens is 2. The summed E-state index contributed by atoms with van der Waals surface area (Å²) in [6.07, 6.45) is 0.565. The van der Waals surface area contributed by atoms with Crippen LogP contribution >= 0.6 is 22.6 Å². The van der Waals surface area contributed by atoms with Crippen molar-refractivity contribution in [3.63, 3.8) is 0 Å². The molecule has 1 aromatic carbocycles. The lowest BCUT2D eigenvalue weighted by atomic mass is 10.1. The molecular weight excluding hydrogens is 362 g/mol. The van der Waals surface area contributed by atoms with E-state index in [1.54, 1.807) is 4.90 Å². The van der Waals surface area contributed by atoms with E-state index in [1.807, 2.05) is 29.5 Å². The van der Waals surface area contributed by atoms with Crippen LogP contribution in [-0.2, 0) is 4.79 Å². The molecule has 1 heterocycles. The number of nitrogens with one attached hydrogen (secondary N) is 1. The largest absolute Gasteiger partial charge is 0.353 e. The number of amides is 2. The molecule has 0 unspecified atom stereocenters. The zero-order chi connectivity index (χ0) is 14.0. The summed E-state index contributed by atoms with van der Waals surface area (Å²) < 4.78 is 13.6. The van der Waals surface area contributed by atoms with Crippen molar-refractivity contribution in [2.75, 3.05) is 13.1 Å². The predicted octanol–water partition coefficient (Wildman–Crippen LogP) is 1.78. The van der Waals surface area contributed by atoms with Gasteiger partial charge in [0.25, 0.3) is 5.91 Å². The molecule has 0 saturated carbocycles. The first kappa shape index (κ1) is 14.2. The maximum absolute atomic E-state index is 13.1. The molecule has 1 atom stereocenters. The second kappa shape index (κ2) is 5.85. The van der Waals surface area contributed by atoms with Crippen LogP contribution in [0.25, 0.3) is 0 Å². The van der Waals surface area contributed by atoms with Crippen molar-refractivity contribution in [3.8, 4) is 0 Å². The van der Waals surface area contributed by atoms with Gasteiger partial charge in [0.05, 0.1) is 5.56 Å². The van der Waals surface area contributed by atoms with Gasteiger partial charge in [-0.2, -0.15) is 0 Å². The number of carbonyl (C=O) groups is 2. The molecule has 2 rings (SSSR count). The van der Waals surface area contributed by atoms with E-state index in [0.29, 0.717) is 28.6 Å². The molecule has 0 spiro atoms. The van der Waals surface area contributed by atoms with Crippen LogP contribution in [0.3, 0.4) is 0 Å². The predicted molar refractivity (Wildman–Crippen MR) is 77.2 cm³/mol. The van der Waals surface area contributed by atoms with Crippen LogP contribution in [0.2, 0.25) is 0 Å². The maximum atomic E-state index is 13.1. The van der Waals surface area contributed by atoms with Crippen LogP contribution in [0, 0.1) is 9.39 Å². The average molecular weight is 376 g/mol. The Morgan fingerprint density at radius 3 is 2.95 bits per heavy atom. The summed E-state index contributed by atoms with van der Waals surface area (Å²) in [6, 6.07) is 3.61. The van der Waals surface area contributed by atoms with E-state index in [0.717, 1.165) is 0 Å². The Balaban J connectivity index is 2.29. The zero-order valence-electron chi connectivity index (χ0n) is 10.5. The number of carbonyl (C=O) groups excluding carboxylic acids is 2. The van der Waals surface area contributed by atoms with Gasteiger partial charge in [0.15, 0.2) is 0 Å². The monoisotopic (exact) mass is 376 g/mol. The Morgan fingerprint density at radius 1 is 1.58 bits per heavy atom. The molecule has 1 aliphatic heterocycles. The Morgan fingerprint density at radius 2 is 2.32 bits per heavy atom. The summed E-state index contributed by atoms with van der Waals surface area (Å²) in [5, 5.41) is 2.75. The van der Waals surface area contributed by atoms with Gasteiger partial charge in [-0.3, -0.25) is 9.59 Å². The molecule has 19 heavy (non-hydrogen) atoms. The fourth-order valence-electron chi connectivity index (χ4n) is 2.18. The fourth-order valence-corrected chi connectivity index (χ4v) is 2.89. The molecule has 0 aliphatic carbocycles. The van der Waals surface area contributed by atoms with Crippen molar-refractivity contribution >= 4 is 34.4 Å². The second-order valence-electron chi connectivity index (χ2n) is 4.34. The minimum Gasteiger partial charge on any atom is -0.353 e. The number of nitrogens with zero attached hydrogens (tertiary/aromatic N) is 1. The first-order valence-corrected chi connectivity index (χ1v) is 7.16. The normalized spacial score (nSPS) is 19.2. The lowest BCUT2D eigenvalue weighted by Gasteiger charge is -2.34. The molecule has 102 valence electrons. The average Bonchev–Trinajstić information content (AvgIpc) is 2.37. The smallest absolute Gasteiger partial charge is 0.255 e. The molecule has 6 heteroatoms. The van der Waals surface area contributed by atoms with Gasteiger partial charge in [0.2, 0.25) is 5.91 Å². The van der Waals surface area contributed by atoms with Gasteiger partial charge < -0.3 is 10.2 Å². The third-order valence-electron chi connectivity index (χ3n) is 3.14. The second-order valence-corrected chi connectivity index (χ2v) is 5.50. The Bertz CT molecular complexity index is 521. The van der Waals surface area contributed by atoms with Crippen LogP contribution < -0.4 is 5.32 Å². The van der Waals surface area contributed by atoms with E-state index in [2.05, 4.69) is 5.32 Å². The summed E-state index contributed by atoms with van der Waals surface area (Å²) in [7, 11) is 0. The quantitative estimate of drug-likeness (QED) is 0.801. The fraction of sp³-hybridized carbons (Fsp3) is 0.385. The number of hydrogen-bond donors (Lipinski definition) is 1. The first-order chi connectivity index (χ1) is 9.04. The van der Waals surface area contributed by atoms with E-state index in [4.69, 9.17) is 0 Å². The number of benzene rings is 1. The SMILES string of the molecule is CC[C@H]1C(=O)NCCN1C(=O)c1ccc(F)cc1I. The summed E-state index contributed by atoms with van der Waals surface area (Å²) >= 11 is 1.93. The van der Waals surface area contributed by atoms with Crippen molar-refractivity contribution in [2.45, 2.75) is 19.4 Å². The summed E-state index contributed by atoms with van der Waals surface area (Å²) in [5.41, 5.74) is 0.440. The van der Waals surface area contributed by atoms with Gasteiger partial charge in [-0.15, -0.1) is 0 Å². The summed E-state index contributed by atoms with van der Waals surface area (Å²) in [5.74, 6) is -0.713. The van der Waals surface area contributed by atoms with Gasteiger partial charge in [0.1, 0.15) is 11.9 Å². The number of piperazine rings is 1. The van der Waals surface area contributed by atoms with Crippen LogP contribution in [0.5, 0.6) is 0 Å². The Hall–Kier alpha value is -1.18. The van der Waals surface area contributed by atoms with Crippen LogP contribution in [0.1, 0.15) is 23.7 Å². The van der Waals surface area contributed by atoms with E-state index in [9.17, 15) is 14.0 Å². The van der Waals surface area contributed by atoms with Crippen molar-refractivity contribution in [1.29, 1.82) is 0 Å². The van der Waals surface area contributed by atoms with Gasteiger partial charge in [-0.25, -0.2) is 4.39 Å². The van der Waals surface area contributed by atoms with Crippen molar-refractivity contribution < 1.29 is 14.0 Å². The van der Waals surface area contributed by atoms with Crippen molar-refractivity contribution in [3.05, 3.63) is 33.1 Å². The lowest BCUT2D eigenvalue weighted by Crippen LogP contribution is -2.57. The summed E-state index contributed by atoms with van der Waals surface area (Å²) in [4.78, 5) is 25.8. The highest BCUT2D eigenvalue weighted by molar-refractivity contribution is 14.1. The molecule has 1 aromatic rings. The van der Waals surface area contributed by atoms with Crippen LogP contribution in [0.15, 0.2) is 18.2 Å². The van der Waals surface area contributed by atoms with Gasteiger partial charge >= 0.3 is 0 Å². The number of hydrogen-bond acceptors (Lipinski definition) is 2. The van der Waals surface area contributed by atoms with E-state index < -0.39 is 6.04 Å².